The molecule has 0 saturated heterocycles. The predicted molar refractivity (Wildman–Crippen MR) is 171 cm³/mol. The summed E-state index contributed by atoms with van der Waals surface area (Å²) in [5.74, 6) is 2.57. The van der Waals surface area contributed by atoms with Crippen LogP contribution in [-0.4, -0.2) is 11.8 Å². The molecule has 5 aromatic rings. The van der Waals surface area contributed by atoms with Crippen LogP contribution in [0.5, 0.6) is 23.0 Å². The van der Waals surface area contributed by atoms with Crippen molar-refractivity contribution >= 4 is 23.2 Å². The van der Waals surface area contributed by atoms with Crippen LogP contribution in [0, 0.1) is 6.92 Å². The van der Waals surface area contributed by atoms with Crippen LogP contribution in [0.15, 0.2) is 121 Å². The van der Waals surface area contributed by atoms with Crippen molar-refractivity contribution in [1.29, 1.82) is 0 Å². The quantitative estimate of drug-likeness (QED) is 0.185. The van der Waals surface area contributed by atoms with Crippen molar-refractivity contribution in [2.45, 2.75) is 33.1 Å². The maximum absolute atomic E-state index is 12.5. The van der Waals surface area contributed by atoms with Crippen molar-refractivity contribution in [2.24, 2.45) is 0 Å². The topological polar surface area (TPSA) is 76.7 Å². The zero-order valence-corrected chi connectivity index (χ0v) is 24.7. The smallest absolute Gasteiger partial charge is 0.255 e. The predicted octanol–water partition coefficient (Wildman–Crippen LogP) is 9.12. The number of hydrogen-bond donors (Lipinski definition) is 2. The van der Waals surface area contributed by atoms with Crippen LogP contribution in [0.25, 0.3) is 0 Å². The van der Waals surface area contributed by atoms with E-state index in [1.807, 2.05) is 104 Å². The van der Waals surface area contributed by atoms with Crippen molar-refractivity contribution in [3.05, 3.63) is 144 Å². The van der Waals surface area contributed by atoms with E-state index in [9.17, 15) is 9.59 Å². The molecule has 216 valence electrons. The summed E-state index contributed by atoms with van der Waals surface area (Å²) in [5.41, 5.74) is 5.21. The van der Waals surface area contributed by atoms with Gasteiger partial charge in [-0.25, -0.2) is 0 Å². The lowest BCUT2D eigenvalue weighted by molar-refractivity contribution is -0.114. The van der Waals surface area contributed by atoms with E-state index in [0.29, 0.717) is 22.7 Å². The Morgan fingerprint density at radius 3 is 1.30 bits per heavy atom. The van der Waals surface area contributed by atoms with Crippen LogP contribution in [0.1, 0.15) is 47.8 Å². The number of ether oxygens (including phenoxy) is 2. The van der Waals surface area contributed by atoms with E-state index in [4.69, 9.17) is 9.47 Å². The van der Waals surface area contributed by atoms with E-state index in [1.54, 1.807) is 0 Å². The number of rotatable bonds is 9. The van der Waals surface area contributed by atoms with Gasteiger partial charge in [0.15, 0.2) is 0 Å². The van der Waals surface area contributed by atoms with Crippen LogP contribution < -0.4 is 20.1 Å². The Morgan fingerprint density at radius 2 is 0.907 bits per heavy atom. The zero-order valence-electron chi connectivity index (χ0n) is 24.7. The van der Waals surface area contributed by atoms with Gasteiger partial charge >= 0.3 is 0 Å². The lowest BCUT2D eigenvalue weighted by Gasteiger charge is -2.26. The molecular formula is C37H34N2O4. The van der Waals surface area contributed by atoms with Gasteiger partial charge in [-0.3, -0.25) is 9.59 Å². The molecule has 2 amide bonds. The highest BCUT2D eigenvalue weighted by atomic mass is 16.5. The third kappa shape index (κ3) is 7.49. The van der Waals surface area contributed by atoms with Gasteiger partial charge in [0.1, 0.15) is 23.0 Å². The molecule has 0 fully saturated rings. The minimum Gasteiger partial charge on any atom is -0.457 e. The van der Waals surface area contributed by atoms with E-state index in [1.165, 1.54) is 6.92 Å². The number of benzene rings is 5. The molecule has 6 heteroatoms. The lowest BCUT2D eigenvalue weighted by Crippen LogP contribution is -2.18. The van der Waals surface area contributed by atoms with E-state index >= 15 is 0 Å². The summed E-state index contributed by atoms with van der Waals surface area (Å²) in [6.07, 6.45) is 0. The van der Waals surface area contributed by atoms with Gasteiger partial charge in [-0.05, 0) is 103 Å². The van der Waals surface area contributed by atoms with Gasteiger partial charge < -0.3 is 20.1 Å². The SMILES string of the molecule is CC(=O)Nc1ccc(Oc2ccc(C(C)(C)c3ccc(Oc4ccc(NC(=O)c5ccc(C)cc5)cc4)cc3)cc2)cc1. The summed E-state index contributed by atoms with van der Waals surface area (Å²) in [6, 6.07) is 38.2. The average molecular weight is 571 g/mol. The molecule has 0 heterocycles. The molecule has 0 aromatic heterocycles. The number of anilines is 2. The molecule has 5 aromatic carbocycles. The summed E-state index contributed by atoms with van der Waals surface area (Å²) < 4.78 is 12.0. The minimum atomic E-state index is -0.242. The molecule has 2 N–H and O–H groups in total. The summed E-state index contributed by atoms with van der Waals surface area (Å²) in [4.78, 5) is 23.7. The van der Waals surface area contributed by atoms with Gasteiger partial charge in [0.25, 0.3) is 5.91 Å². The Morgan fingerprint density at radius 1 is 0.535 bits per heavy atom. The van der Waals surface area contributed by atoms with Gasteiger partial charge in [0, 0.05) is 29.3 Å². The minimum absolute atomic E-state index is 0.110. The van der Waals surface area contributed by atoms with Gasteiger partial charge in [0.2, 0.25) is 5.91 Å². The molecule has 43 heavy (non-hydrogen) atoms. The van der Waals surface area contributed by atoms with E-state index in [-0.39, 0.29) is 17.2 Å². The number of hydrogen-bond acceptors (Lipinski definition) is 4. The Bertz CT molecular complexity index is 1690. The second-order valence-electron chi connectivity index (χ2n) is 10.9. The fourth-order valence-corrected chi connectivity index (χ4v) is 4.64. The van der Waals surface area contributed by atoms with Crippen molar-refractivity contribution in [2.75, 3.05) is 10.6 Å². The first kappa shape index (κ1) is 29.1. The Labute approximate surface area is 252 Å². The van der Waals surface area contributed by atoms with Gasteiger partial charge in [-0.1, -0.05) is 55.8 Å². The fourth-order valence-electron chi connectivity index (χ4n) is 4.64. The normalized spacial score (nSPS) is 11.0. The fraction of sp³-hybridized carbons (Fsp3) is 0.135. The maximum atomic E-state index is 12.5. The molecule has 0 radical (unpaired) electrons. The first-order chi connectivity index (χ1) is 20.7. The third-order valence-corrected chi connectivity index (χ3v) is 7.22. The van der Waals surface area contributed by atoms with E-state index < -0.39 is 0 Å². The highest BCUT2D eigenvalue weighted by Gasteiger charge is 2.23. The molecule has 0 aliphatic heterocycles. The summed E-state index contributed by atoms with van der Waals surface area (Å²) in [7, 11) is 0. The van der Waals surface area contributed by atoms with Crippen molar-refractivity contribution in [1.82, 2.24) is 0 Å². The Hall–Kier alpha value is -5.36. The summed E-state index contributed by atoms with van der Waals surface area (Å²) in [6.45, 7) is 7.84. The second kappa shape index (κ2) is 12.7. The lowest BCUT2D eigenvalue weighted by atomic mass is 9.78. The molecule has 6 nitrogen and oxygen atoms in total. The van der Waals surface area contributed by atoms with Crippen LogP contribution in [0.3, 0.4) is 0 Å². The molecular weight excluding hydrogens is 536 g/mol. The Kier molecular flexibility index (Phi) is 8.58. The first-order valence-electron chi connectivity index (χ1n) is 14.1. The van der Waals surface area contributed by atoms with Crippen LogP contribution >= 0.6 is 0 Å². The maximum Gasteiger partial charge on any atom is 0.255 e. The largest absolute Gasteiger partial charge is 0.457 e. The van der Waals surface area contributed by atoms with E-state index in [0.717, 1.165) is 33.9 Å². The highest BCUT2D eigenvalue weighted by molar-refractivity contribution is 6.04. The summed E-state index contributed by atoms with van der Waals surface area (Å²) >= 11 is 0. The van der Waals surface area contributed by atoms with Crippen LogP contribution in [-0.2, 0) is 10.2 Å². The van der Waals surface area contributed by atoms with Gasteiger partial charge in [-0.15, -0.1) is 0 Å². The third-order valence-electron chi connectivity index (χ3n) is 7.22. The first-order valence-corrected chi connectivity index (χ1v) is 14.1. The van der Waals surface area contributed by atoms with E-state index in [2.05, 4.69) is 48.7 Å². The number of carbonyl (C=O) groups excluding carboxylic acids is 2. The molecule has 0 unspecified atom stereocenters. The van der Waals surface area contributed by atoms with Crippen molar-refractivity contribution < 1.29 is 19.1 Å². The average Bonchev–Trinajstić information content (AvgIpc) is 3.00. The van der Waals surface area contributed by atoms with Crippen LogP contribution in [0.2, 0.25) is 0 Å². The molecule has 0 bridgehead atoms. The highest BCUT2D eigenvalue weighted by Crippen LogP contribution is 2.35. The van der Waals surface area contributed by atoms with Crippen molar-refractivity contribution in [3.8, 4) is 23.0 Å². The second-order valence-corrected chi connectivity index (χ2v) is 10.9. The monoisotopic (exact) mass is 570 g/mol. The molecule has 0 aliphatic rings. The standard InChI is InChI=1S/C37H34N2O4/c1-25-5-7-27(8-6-25)36(41)39-31-15-23-35(24-16-31)43-33-19-11-29(12-20-33)37(3,4)28-9-17-32(18-10-28)42-34-21-13-30(14-22-34)38-26(2)40/h5-24H,1-4H3,(H,38,40)(H,39,41). The van der Waals surface area contributed by atoms with Gasteiger partial charge in [0.05, 0.1) is 0 Å². The zero-order chi connectivity index (χ0) is 30.4. The molecule has 0 saturated carbocycles. The number of amides is 2. The Balaban J connectivity index is 1.18. The molecule has 5 rings (SSSR count). The van der Waals surface area contributed by atoms with Crippen molar-refractivity contribution in [3.63, 3.8) is 0 Å². The number of aryl methyl sites for hydroxylation is 1. The number of nitrogens with one attached hydrogen (secondary N) is 2. The molecule has 0 aliphatic carbocycles. The molecule has 0 atom stereocenters. The van der Waals surface area contributed by atoms with Gasteiger partial charge in [-0.2, -0.15) is 0 Å². The number of carbonyl (C=O) groups is 2. The molecule has 0 spiro atoms. The van der Waals surface area contributed by atoms with Crippen LogP contribution in [0.4, 0.5) is 11.4 Å². The summed E-state index contributed by atoms with van der Waals surface area (Å²) in [5, 5.41) is 5.67.